The molecule has 1 aromatic carbocycles. The molecular formula is C18H25N3O4S2. The molecule has 0 fully saturated rings. The number of hydrogen-bond acceptors (Lipinski definition) is 6. The van der Waals surface area contributed by atoms with Gasteiger partial charge in [0.15, 0.2) is 5.76 Å². The lowest BCUT2D eigenvalue weighted by atomic mass is 10.1. The summed E-state index contributed by atoms with van der Waals surface area (Å²) in [5.74, 6) is 0.501. The minimum Gasteiger partial charge on any atom is -0.360 e. The summed E-state index contributed by atoms with van der Waals surface area (Å²) < 4.78 is 32.1. The lowest BCUT2D eigenvalue weighted by molar-refractivity contribution is -0.122. The summed E-state index contributed by atoms with van der Waals surface area (Å²) in [6.45, 7) is 9.13. The summed E-state index contributed by atoms with van der Waals surface area (Å²) in [6, 6.07) is 5.33. The Morgan fingerprint density at radius 1 is 1.22 bits per heavy atom. The molecule has 9 heteroatoms. The molecule has 27 heavy (non-hydrogen) atoms. The molecule has 0 unspecified atom stereocenters. The van der Waals surface area contributed by atoms with Gasteiger partial charge in [0.1, 0.15) is 10.6 Å². The van der Waals surface area contributed by atoms with E-state index in [1.54, 1.807) is 18.7 Å². The van der Waals surface area contributed by atoms with Crippen molar-refractivity contribution in [3.8, 4) is 0 Å². The van der Waals surface area contributed by atoms with Crippen LogP contribution in [0.15, 0.2) is 32.5 Å². The zero-order valence-corrected chi connectivity index (χ0v) is 17.8. The molecule has 0 radical (unpaired) electrons. The molecule has 0 aliphatic rings. The Labute approximate surface area is 164 Å². The summed E-state index contributed by atoms with van der Waals surface area (Å²) >= 11 is 1.64. The molecule has 2 aromatic rings. The maximum Gasteiger partial charge on any atom is 0.246 e. The molecule has 0 bridgehead atoms. The SMILES string of the molecule is Cc1ccc(SCCNC(=O)[C@@H](C)NS(=O)(=O)c2c(C)noc2C)cc1C. The largest absolute Gasteiger partial charge is 0.360 e. The molecule has 1 aromatic heterocycles. The van der Waals surface area contributed by atoms with E-state index in [4.69, 9.17) is 4.52 Å². The number of sulfonamides is 1. The monoisotopic (exact) mass is 411 g/mol. The smallest absolute Gasteiger partial charge is 0.246 e. The first-order chi connectivity index (χ1) is 12.6. The predicted molar refractivity (Wildman–Crippen MR) is 105 cm³/mol. The Balaban J connectivity index is 1.84. The number of nitrogens with zero attached hydrogens (tertiary/aromatic N) is 1. The zero-order valence-electron chi connectivity index (χ0n) is 16.1. The molecule has 1 atom stereocenters. The van der Waals surface area contributed by atoms with E-state index >= 15 is 0 Å². The molecule has 148 valence electrons. The molecule has 0 saturated carbocycles. The fourth-order valence-corrected chi connectivity index (χ4v) is 4.90. The normalized spacial score (nSPS) is 12.8. The number of carbonyl (C=O) groups excluding carboxylic acids is 1. The fraction of sp³-hybridized carbons (Fsp3) is 0.444. The van der Waals surface area contributed by atoms with Crippen LogP contribution in [0.4, 0.5) is 0 Å². The summed E-state index contributed by atoms with van der Waals surface area (Å²) in [5.41, 5.74) is 2.73. The Bertz CT molecular complexity index is 903. The van der Waals surface area contributed by atoms with Crippen molar-refractivity contribution in [2.45, 2.75) is 50.5 Å². The van der Waals surface area contributed by atoms with Gasteiger partial charge < -0.3 is 9.84 Å². The summed E-state index contributed by atoms with van der Waals surface area (Å²) in [5, 5.41) is 6.39. The molecule has 0 saturated heterocycles. The minimum atomic E-state index is -3.88. The Morgan fingerprint density at radius 3 is 2.52 bits per heavy atom. The van der Waals surface area contributed by atoms with Gasteiger partial charge in [0.05, 0.1) is 6.04 Å². The highest BCUT2D eigenvalue weighted by molar-refractivity contribution is 7.99. The van der Waals surface area contributed by atoms with Crippen molar-refractivity contribution in [3.05, 3.63) is 40.8 Å². The quantitative estimate of drug-likeness (QED) is 0.511. The van der Waals surface area contributed by atoms with E-state index in [1.165, 1.54) is 25.0 Å². The third-order valence-corrected chi connectivity index (χ3v) is 6.89. The van der Waals surface area contributed by atoms with E-state index in [9.17, 15) is 13.2 Å². The second-order valence-electron chi connectivity index (χ2n) is 6.38. The van der Waals surface area contributed by atoms with Gasteiger partial charge in [-0.2, -0.15) is 4.72 Å². The van der Waals surface area contributed by atoms with Crippen LogP contribution in [0.3, 0.4) is 0 Å². The highest BCUT2D eigenvalue weighted by Gasteiger charge is 2.27. The van der Waals surface area contributed by atoms with Gasteiger partial charge >= 0.3 is 0 Å². The van der Waals surface area contributed by atoms with Gasteiger partial charge in [-0.05, 0) is 57.9 Å². The van der Waals surface area contributed by atoms with Crippen LogP contribution < -0.4 is 10.0 Å². The third kappa shape index (κ3) is 5.57. The molecule has 7 nitrogen and oxygen atoms in total. The molecule has 0 aliphatic heterocycles. The van der Waals surface area contributed by atoms with E-state index in [0.717, 1.165) is 4.90 Å². The second kappa shape index (κ2) is 8.90. The van der Waals surface area contributed by atoms with Crippen LogP contribution in [0.2, 0.25) is 0 Å². The van der Waals surface area contributed by atoms with E-state index < -0.39 is 16.1 Å². The van der Waals surface area contributed by atoms with E-state index in [0.29, 0.717) is 12.3 Å². The highest BCUT2D eigenvalue weighted by Crippen LogP contribution is 2.21. The molecular weight excluding hydrogens is 386 g/mol. The lowest BCUT2D eigenvalue weighted by Crippen LogP contribution is -2.45. The number of benzene rings is 1. The maximum absolute atomic E-state index is 12.4. The number of carbonyl (C=O) groups is 1. The predicted octanol–water partition coefficient (Wildman–Crippen LogP) is 2.48. The van der Waals surface area contributed by atoms with Crippen LogP contribution in [0.1, 0.15) is 29.5 Å². The number of aryl methyl sites for hydroxylation is 4. The van der Waals surface area contributed by atoms with Crippen molar-refractivity contribution in [1.29, 1.82) is 0 Å². The first kappa shape index (κ1) is 21.5. The Kier molecular flexibility index (Phi) is 7.07. The molecule has 0 aliphatic carbocycles. The van der Waals surface area contributed by atoms with Gasteiger partial charge in [-0.15, -0.1) is 11.8 Å². The molecule has 1 heterocycles. The van der Waals surface area contributed by atoms with Crippen molar-refractivity contribution in [3.63, 3.8) is 0 Å². The Morgan fingerprint density at radius 2 is 1.93 bits per heavy atom. The maximum atomic E-state index is 12.4. The first-order valence-electron chi connectivity index (χ1n) is 8.55. The van der Waals surface area contributed by atoms with E-state index in [2.05, 4.69) is 47.2 Å². The average Bonchev–Trinajstić information content (AvgIpc) is 2.93. The van der Waals surface area contributed by atoms with Crippen molar-refractivity contribution in [2.75, 3.05) is 12.3 Å². The lowest BCUT2D eigenvalue weighted by Gasteiger charge is -2.14. The first-order valence-corrected chi connectivity index (χ1v) is 11.0. The minimum absolute atomic E-state index is 0.0209. The number of nitrogens with one attached hydrogen (secondary N) is 2. The van der Waals surface area contributed by atoms with Crippen LogP contribution >= 0.6 is 11.8 Å². The standard InChI is InChI=1S/C18H25N3O4S2/c1-11-6-7-16(10-12(11)2)26-9-8-19-18(22)14(4)21-27(23,24)17-13(3)20-25-15(17)5/h6-7,10,14,21H,8-9H2,1-5H3,(H,19,22)/t14-/m1/s1. The second-order valence-corrected chi connectivity index (χ2v) is 9.20. The van der Waals surface area contributed by atoms with Gasteiger partial charge in [-0.25, -0.2) is 8.42 Å². The Hall–Kier alpha value is -1.84. The number of hydrogen-bond donors (Lipinski definition) is 2. The number of amides is 1. The third-order valence-electron chi connectivity index (χ3n) is 4.11. The van der Waals surface area contributed by atoms with Crippen LogP contribution in [0.5, 0.6) is 0 Å². The molecule has 0 spiro atoms. The summed E-state index contributed by atoms with van der Waals surface area (Å²) in [4.78, 5) is 13.3. The van der Waals surface area contributed by atoms with Crippen LogP contribution in [0.25, 0.3) is 0 Å². The van der Waals surface area contributed by atoms with Crippen molar-refractivity contribution in [1.82, 2.24) is 15.2 Å². The summed E-state index contributed by atoms with van der Waals surface area (Å²) in [7, 11) is -3.88. The average molecular weight is 412 g/mol. The number of rotatable bonds is 8. The summed E-state index contributed by atoms with van der Waals surface area (Å²) in [6.07, 6.45) is 0. The van der Waals surface area contributed by atoms with Crippen molar-refractivity contribution < 1.29 is 17.7 Å². The topological polar surface area (TPSA) is 101 Å². The number of aromatic nitrogens is 1. The molecule has 1 amide bonds. The van der Waals surface area contributed by atoms with Gasteiger partial charge in [0, 0.05) is 17.2 Å². The van der Waals surface area contributed by atoms with Crippen molar-refractivity contribution in [2.24, 2.45) is 0 Å². The van der Waals surface area contributed by atoms with Gasteiger partial charge in [-0.3, -0.25) is 4.79 Å². The van der Waals surface area contributed by atoms with Gasteiger partial charge in [-0.1, -0.05) is 11.2 Å². The number of thioether (sulfide) groups is 1. The van der Waals surface area contributed by atoms with Gasteiger partial charge in [0.25, 0.3) is 0 Å². The molecule has 2 rings (SSSR count). The van der Waals surface area contributed by atoms with E-state index in [1.807, 2.05) is 0 Å². The van der Waals surface area contributed by atoms with Crippen LogP contribution in [-0.2, 0) is 14.8 Å². The van der Waals surface area contributed by atoms with Crippen molar-refractivity contribution >= 4 is 27.7 Å². The highest BCUT2D eigenvalue weighted by atomic mass is 32.2. The van der Waals surface area contributed by atoms with Crippen LogP contribution in [-0.4, -0.2) is 37.8 Å². The van der Waals surface area contributed by atoms with Gasteiger partial charge in [0.2, 0.25) is 15.9 Å². The fourth-order valence-electron chi connectivity index (χ4n) is 2.50. The molecule has 2 N–H and O–H groups in total. The van der Waals surface area contributed by atoms with Crippen LogP contribution in [0, 0.1) is 27.7 Å². The van der Waals surface area contributed by atoms with E-state index in [-0.39, 0.29) is 22.3 Å². The zero-order chi connectivity index (χ0) is 20.2.